The Labute approximate surface area is 124 Å². The summed E-state index contributed by atoms with van der Waals surface area (Å²) in [5.74, 6) is 0.838. The van der Waals surface area contributed by atoms with Gasteiger partial charge in [0.2, 0.25) is 0 Å². The molecular weight excluding hydrogens is 252 g/mol. The molecule has 1 aliphatic rings. The van der Waals surface area contributed by atoms with Gasteiger partial charge in [-0.3, -0.25) is 0 Å². The van der Waals surface area contributed by atoms with Crippen LogP contribution in [-0.4, -0.2) is 42.3 Å². The Morgan fingerprint density at radius 3 is 2.50 bits per heavy atom. The first-order valence-electron chi connectivity index (χ1n) is 8.03. The molecule has 0 aromatic rings. The number of amides is 1. The van der Waals surface area contributed by atoms with Gasteiger partial charge in [0.05, 0.1) is 0 Å². The summed E-state index contributed by atoms with van der Waals surface area (Å²) in [5, 5.41) is 3.57. The van der Waals surface area contributed by atoms with Crippen LogP contribution >= 0.6 is 0 Å². The first-order valence-corrected chi connectivity index (χ1v) is 8.03. The highest BCUT2D eigenvalue weighted by molar-refractivity contribution is 5.68. The molecule has 0 spiro atoms. The number of carbonyl (C=O) groups excluding carboxylic acids is 1. The van der Waals surface area contributed by atoms with Crippen molar-refractivity contribution in [3.05, 3.63) is 0 Å². The maximum absolute atomic E-state index is 12.1. The van der Waals surface area contributed by atoms with Gasteiger partial charge in [-0.25, -0.2) is 4.79 Å². The third-order valence-corrected chi connectivity index (χ3v) is 3.65. The summed E-state index contributed by atoms with van der Waals surface area (Å²) in [6, 6.07) is 0.632. The van der Waals surface area contributed by atoms with Crippen LogP contribution in [0.25, 0.3) is 0 Å². The molecule has 1 rings (SSSR count). The molecule has 2 unspecified atom stereocenters. The van der Waals surface area contributed by atoms with Gasteiger partial charge in [-0.05, 0) is 52.4 Å². The Balaban J connectivity index is 2.33. The summed E-state index contributed by atoms with van der Waals surface area (Å²) in [5.41, 5.74) is -0.419. The fourth-order valence-corrected chi connectivity index (χ4v) is 2.69. The molecule has 0 bridgehead atoms. The first kappa shape index (κ1) is 17.3. The van der Waals surface area contributed by atoms with Crippen molar-refractivity contribution in [1.82, 2.24) is 10.2 Å². The van der Waals surface area contributed by atoms with Crippen LogP contribution in [0.5, 0.6) is 0 Å². The molecule has 1 fully saturated rings. The third kappa shape index (κ3) is 6.60. The van der Waals surface area contributed by atoms with Gasteiger partial charge in [0.25, 0.3) is 0 Å². The molecule has 0 aliphatic heterocycles. The van der Waals surface area contributed by atoms with Crippen LogP contribution in [0.3, 0.4) is 0 Å². The Morgan fingerprint density at radius 1 is 1.30 bits per heavy atom. The van der Waals surface area contributed by atoms with Crippen molar-refractivity contribution in [3.63, 3.8) is 0 Å². The van der Waals surface area contributed by atoms with Gasteiger partial charge >= 0.3 is 6.09 Å². The minimum atomic E-state index is -0.419. The van der Waals surface area contributed by atoms with E-state index in [1.54, 1.807) is 0 Å². The highest BCUT2D eigenvalue weighted by Gasteiger charge is 2.23. The predicted molar refractivity (Wildman–Crippen MR) is 82.9 cm³/mol. The number of carbonyl (C=O) groups is 1. The topological polar surface area (TPSA) is 41.6 Å². The maximum Gasteiger partial charge on any atom is 0.410 e. The van der Waals surface area contributed by atoms with E-state index >= 15 is 0 Å². The van der Waals surface area contributed by atoms with E-state index in [4.69, 9.17) is 4.74 Å². The number of rotatable bonds is 6. The van der Waals surface area contributed by atoms with E-state index in [1.165, 1.54) is 19.3 Å². The zero-order chi connectivity index (χ0) is 15.2. The Morgan fingerprint density at radius 2 is 2.00 bits per heavy atom. The van der Waals surface area contributed by atoms with Crippen LogP contribution in [0, 0.1) is 5.92 Å². The van der Waals surface area contributed by atoms with Crippen molar-refractivity contribution in [1.29, 1.82) is 0 Å². The minimum absolute atomic E-state index is 0.194. The van der Waals surface area contributed by atoms with Gasteiger partial charge in [-0.2, -0.15) is 0 Å². The van der Waals surface area contributed by atoms with Gasteiger partial charge in [0.1, 0.15) is 5.60 Å². The molecule has 0 radical (unpaired) electrons. The van der Waals surface area contributed by atoms with Crippen LogP contribution < -0.4 is 5.32 Å². The maximum atomic E-state index is 12.1. The van der Waals surface area contributed by atoms with E-state index in [0.717, 1.165) is 32.0 Å². The summed E-state index contributed by atoms with van der Waals surface area (Å²) in [6.45, 7) is 12.5. The molecule has 1 saturated carbocycles. The molecule has 20 heavy (non-hydrogen) atoms. The Bertz CT molecular complexity index is 299. The number of nitrogens with zero attached hydrogens (tertiary/aromatic N) is 1. The fourth-order valence-electron chi connectivity index (χ4n) is 2.69. The molecule has 0 heterocycles. The normalized spacial score (nSPS) is 22.9. The second-order valence-electron chi connectivity index (χ2n) is 7.04. The highest BCUT2D eigenvalue weighted by Crippen LogP contribution is 2.24. The molecule has 2 atom stereocenters. The average molecular weight is 284 g/mol. The number of ether oxygens (including phenoxy) is 1. The van der Waals surface area contributed by atoms with Crippen molar-refractivity contribution in [2.45, 2.75) is 71.9 Å². The van der Waals surface area contributed by atoms with Crippen LogP contribution in [0.2, 0.25) is 0 Å². The highest BCUT2D eigenvalue weighted by atomic mass is 16.6. The summed E-state index contributed by atoms with van der Waals surface area (Å²) in [7, 11) is 0. The van der Waals surface area contributed by atoms with Crippen molar-refractivity contribution >= 4 is 6.09 Å². The van der Waals surface area contributed by atoms with Gasteiger partial charge in [-0.15, -0.1) is 0 Å². The van der Waals surface area contributed by atoms with E-state index in [1.807, 2.05) is 25.7 Å². The lowest BCUT2D eigenvalue weighted by atomic mass is 10.1. The third-order valence-electron chi connectivity index (χ3n) is 3.65. The lowest BCUT2D eigenvalue weighted by Gasteiger charge is -2.27. The monoisotopic (exact) mass is 284 g/mol. The summed E-state index contributed by atoms with van der Waals surface area (Å²) < 4.78 is 5.45. The van der Waals surface area contributed by atoms with E-state index in [9.17, 15) is 4.79 Å². The standard InChI is InChI=1S/C16H32N2O2/c1-6-10-18(15(19)20-16(3,4)5)11-9-17-14-8-7-13(2)12-14/h13-14,17H,6-12H2,1-5H3. The van der Waals surface area contributed by atoms with Gasteiger partial charge < -0.3 is 15.0 Å². The zero-order valence-electron chi connectivity index (χ0n) is 13.9. The molecule has 0 aromatic heterocycles. The molecule has 1 aliphatic carbocycles. The van der Waals surface area contributed by atoms with Gasteiger partial charge in [-0.1, -0.05) is 13.8 Å². The average Bonchev–Trinajstić information content (AvgIpc) is 2.71. The number of nitrogens with one attached hydrogen (secondary N) is 1. The minimum Gasteiger partial charge on any atom is -0.444 e. The summed E-state index contributed by atoms with van der Waals surface area (Å²) in [4.78, 5) is 13.9. The molecular formula is C16H32N2O2. The zero-order valence-corrected chi connectivity index (χ0v) is 13.9. The van der Waals surface area contributed by atoms with Crippen molar-refractivity contribution < 1.29 is 9.53 Å². The largest absolute Gasteiger partial charge is 0.444 e. The van der Waals surface area contributed by atoms with Crippen LogP contribution in [0.15, 0.2) is 0 Å². The summed E-state index contributed by atoms with van der Waals surface area (Å²) in [6.07, 6.45) is 4.62. The van der Waals surface area contributed by atoms with E-state index in [0.29, 0.717) is 6.04 Å². The second-order valence-corrected chi connectivity index (χ2v) is 7.04. The molecule has 1 amide bonds. The molecule has 4 heteroatoms. The second kappa shape index (κ2) is 7.87. The Hall–Kier alpha value is -0.770. The molecule has 0 saturated heterocycles. The van der Waals surface area contributed by atoms with Crippen LogP contribution in [0.4, 0.5) is 4.79 Å². The van der Waals surface area contributed by atoms with Gasteiger partial charge in [0, 0.05) is 25.7 Å². The molecule has 0 aromatic carbocycles. The number of hydrogen-bond donors (Lipinski definition) is 1. The smallest absolute Gasteiger partial charge is 0.410 e. The van der Waals surface area contributed by atoms with Crippen molar-refractivity contribution in [2.75, 3.05) is 19.6 Å². The lowest BCUT2D eigenvalue weighted by molar-refractivity contribution is 0.0250. The molecule has 4 nitrogen and oxygen atoms in total. The summed E-state index contributed by atoms with van der Waals surface area (Å²) >= 11 is 0. The van der Waals surface area contributed by atoms with Crippen molar-refractivity contribution in [2.24, 2.45) is 5.92 Å². The van der Waals surface area contributed by atoms with E-state index in [2.05, 4.69) is 19.2 Å². The van der Waals surface area contributed by atoms with E-state index in [-0.39, 0.29) is 6.09 Å². The van der Waals surface area contributed by atoms with Gasteiger partial charge in [0.15, 0.2) is 0 Å². The van der Waals surface area contributed by atoms with Crippen molar-refractivity contribution in [3.8, 4) is 0 Å². The predicted octanol–water partition coefficient (Wildman–Crippen LogP) is 3.41. The number of hydrogen-bond acceptors (Lipinski definition) is 3. The fraction of sp³-hybridized carbons (Fsp3) is 0.938. The van der Waals surface area contributed by atoms with Crippen LogP contribution in [-0.2, 0) is 4.74 Å². The SMILES string of the molecule is CCCN(CCNC1CCC(C)C1)C(=O)OC(C)(C)C. The Kier molecular flexibility index (Phi) is 6.80. The van der Waals surface area contributed by atoms with E-state index < -0.39 is 5.60 Å². The first-order chi connectivity index (χ1) is 9.31. The molecule has 118 valence electrons. The van der Waals surface area contributed by atoms with Crippen LogP contribution in [0.1, 0.15) is 60.3 Å². The lowest BCUT2D eigenvalue weighted by Crippen LogP contribution is -2.42. The molecule has 1 N–H and O–H groups in total. The quantitative estimate of drug-likeness (QED) is 0.812.